The van der Waals surface area contributed by atoms with Crippen LogP contribution in [0.3, 0.4) is 0 Å². The molecule has 144 valence electrons. The number of nitrogens with zero attached hydrogens (tertiary/aromatic N) is 1. The Morgan fingerprint density at radius 2 is 1.85 bits per heavy atom. The fourth-order valence-electron chi connectivity index (χ4n) is 2.76. The first-order valence-corrected chi connectivity index (χ1v) is 10.9. The highest BCUT2D eigenvalue weighted by Crippen LogP contribution is 2.32. The normalized spacial score (nSPS) is 17.6. The largest absolute Gasteiger partial charge is 0.271 e. The van der Waals surface area contributed by atoms with Gasteiger partial charge in [-0.15, -0.1) is 11.3 Å². The van der Waals surface area contributed by atoms with Gasteiger partial charge in [0.1, 0.15) is 10.3 Å². The topological polar surface area (TPSA) is 95.6 Å². The molecule has 1 aromatic carbocycles. The van der Waals surface area contributed by atoms with Gasteiger partial charge >= 0.3 is 0 Å². The number of hydrogen-bond acceptors (Lipinski definition) is 5. The van der Waals surface area contributed by atoms with Crippen LogP contribution in [0.2, 0.25) is 9.36 Å². The highest BCUT2D eigenvalue weighted by Gasteiger charge is 2.40. The Labute approximate surface area is 170 Å². The van der Waals surface area contributed by atoms with Crippen LogP contribution in [0.4, 0.5) is 0 Å². The molecule has 2 aromatic rings. The molecule has 0 saturated carbocycles. The first kappa shape index (κ1) is 20.1. The number of thiophene rings is 1. The Bertz CT molecular complexity index is 978. The minimum Gasteiger partial charge on any atom is -0.271 e. The second-order valence-electron chi connectivity index (χ2n) is 5.76. The zero-order valence-electron chi connectivity index (χ0n) is 13.8. The zero-order chi connectivity index (χ0) is 19.6. The molecule has 1 saturated heterocycles. The van der Waals surface area contributed by atoms with Gasteiger partial charge in [-0.25, -0.2) is 8.42 Å². The molecular formula is C16H15Cl2N3O4S2. The van der Waals surface area contributed by atoms with Crippen molar-refractivity contribution >= 4 is 56.4 Å². The van der Waals surface area contributed by atoms with Gasteiger partial charge in [-0.05, 0) is 37.1 Å². The molecule has 2 amide bonds. The van der Waals surface area contributed by atoms with Crippen LogP contribution in [-0.4, -0.2) is 37.1 Å². The summed E-state index contributed by atoms with van der Waals surface area (Å²) in [6.45, 7) is 0.217. The molecule has 2 heterocycles. The van der Waals surface area contributed by atoms with E-state index in [-0.39, 0.29) is 21.3 Å². The Balaban J connectivity index is 1.69. The summed E-state index contributed by atoms with van der Waals surface area (Å²) >= 11 is 12.7. The SMILES string of the molecule is O=C(NNC(=O)C1CCCN1S(=O)(=O)c1ccc(Cl)s1)c1ccccc1Cl. The zero-order valence-corrected chi connectivity index (χ0v) is 17.0. The van der Waals surface area contributed by atoms with Crippen molar-refractivity contribution < 1.29 is 18.0 Å². The summed E-state index contributed by atoms with van der Waals surface area (Å²) in [5, 5.41) is 0.240. The average Bonchev–Trinajstić information content (AvgIpc) is 3.29. The van der Waals surface area contributed by atoms with Crippen LogP contribution >= 0.6 is 34.5 Å². The third-order valence-electron chi connectivity index (χ3n) is 4.04. The van der Waals surface area contributed by atoms with Gasteiger partial charge in [0.2, 0.25) is 0 Å². The lowest BCUT2D eigenvalue weighted by atomic mass is 10.2. The van der Waals surface area contributed by atoms with Gasteiger partial charge in [-0.1, -0.05) is 35.3 Å². The van der Waals surface area contributed by atoms with E-state index >= 15 is 0 Å². The summed E-state index contributed by atoms with van der Waals surface area (Å²) in [4.78, 5) is 24.6. The first-order valence-electron chi connectivity index (χ1n) is 7.92. The highest BCUT2D eigenvalue weighted by molar-refractivity contribution is 7.91. The fraction of sp³-hybridized carbons (Fsp3) is 0.250. The molecule has 1 aliphatic heterocycles. The predicted octanol–water partition coefficient (Wildman–Crippen LogP) is 2.67. The molecule has 1 unspecified atom stereocenters. The van der Waals surface area contributed by atoms with Crippen molar-refractivity contribution in [2.45, 2.75) is 23.1 Å². The van der Waals surface area contributed by atoms with Gasteiger partial charge in [0, 0.05) is 6.54 Å². The van der Waals surface area contributed by atoms with Gasteiger partial charge in [0.05, 0.1) is 14.9 Å². The molecule has 0 spiro atoms. The minimum absolute atomic E-state index is 0.0762. The van der Waals surface area contributed by atoms with Gasteiger partial charge in [0.25, 0.3) is 21.8 Å². The second-order valence-corrected chi connectivity index (χ2v) is 10.00. The Morgan fingerprint density at radius 3 is 2.52 bits per heavy atom. The molecule has 1 aromatic heterocycles. The maximum absolute atomic E-state index is 12.8. The van der Waals surface area contributed by atoms with Gasteiger partial charge in [0.15, 0.2) is 0 Å². The van der Waals surface area contributed by atoms with Gasteiger partial charge in [-0.2, -0.15) is 4.31 Å². The van der Waals surface area contributed by atoms with Crippen molar-refractivity contribution in [3.63, 3.8) is 0 Å². The van der Waals surface area contributed by atoms with E-state index in [0.29, 0.717) is 17.2 Å². The van der Waals surface area contributed by atoms with Crippen LogP contribution in [-0.2, 0) is 14.8 Å². The molecule has 2 N–H and O–H groups in total. The predicted molar refractivity (Wildman–Crippen MR) is 103 cm³/mol. The van der Waals surface area contributed by atoms with E-state index in [1.807, 2.05) is 0 Å². The third-order valence-corrected chi connectivity index (χ3v) is 7.97. The first-order chi connectivity index (χ1) is 12.8. The van der Waals surface area contributed by atoms with Crippen LogP contribution in [0.5, 0.6) is 0 Å². The van der Waals surface area contributed by atoms with E-state index < -0.39 is 27.9 Å². The van der Waals surface area contributed by atoms with Gasteiger partial charge < -0.3 is 0 Å². The van der Waals surface area contributed by atoms with E-state index in [1.165, 1.54) is 18.2 Å². The number of amides is 2. The number of hydrogen-bond donors (Lipinski definition) is 2. The molecule has 0 aliphatic carbocycles. The molecule has 0 bridgehead atoms. The maximum Gasteiger partial charge on any atom is 0.271 e. The monoisotopic (exact) mass is 447 g/mol. The molecule has 27 heavy (non-hydrogen) atoms. The molecule has 1 atom stereocenters. The standard InChI is InChI=1S/C16H15Cl2N3O4S2/c17-11-5-2-1-4-10(11)15(22)19-20-16(23)12-6-3-9-21(12)27(24,25)14-8-7-13(18)26-14/h1-2,4-5,7-8,12H,3,6,9H2,(H,19,22)(H,20,23). The van der Waals surface area contributed by atoms with Crippen molar-refractivity contribution in [1.82, 2.24) is 15.2 Å². The lowest BCUT2D eigenvalue weighted by Crippen LogP contribution is -2.51. The van der Waals surface area contributed by atoms with Crippen LogP contribution < -0.4 is 10.9 Å². The minimum atomic E-state index is -3.84. The molecule has 11 heteroatoms. The number of carbonyl (C=O) groups excluding carboxylic acids is 2. The van der Waals surface area contributed by atoms with Crippen LogP contribution in [0.15, 0.2) is 40.6 Å². The molecular weight excluding hydrogens is 433 g/mol. The number of hydrazine groups is 1. The van der Waals surface area contributed by atoms with Crippen molar-refractivity contribution in [3.8, 4) is 0 Å². The Morgan fingerprint density at radius 1 is 1.11 bits per heavy atom. The van der Waals surface area contributed by atoms with E-state index in [4.69, 9.17) is 23.2 Å². The number of rotatable bonds is 4. The summed E-state index contributed by atoms with van der Waals surface area (Å²) in [5.74, 6) is -1.20. The lowest BCUT2D eigenvalue weighted by Gasteiger charge is -2.22. The van der Waals surface area contributed by atoms with Crippen molar-refractivity contribution in [2.24, 2.45) is 0 Å². The number of nitrogens with one attached hydrogen (secondary N) is 2. The lowest BCUT2D eigenvalue weighted by molar-refractivity contribution is -0.125. The van der Waals surface area contributed by atoms with Crippen LogP contribution in [0, 0.1) is 0 Å². The van der Waals surface area contributed by atoms with E-state index in [0.717, 1.165) is 15.6 Å². The average molecular weight is 448 g/mol. The molecule has 3 rings (SSSR count). The number of sulfonamides is 1. The Hall–Kier alpha value is -1.65. The van der Waals surface area contributed by atoms with Crippen molar-refractivity contribution in [2.75, 3.05) is 6.54 Å². The number of halogens is 2. The van der Waals surface area contributed by atoms with Gasteiger partial charge in [-0.3, -0.25) is 20.4 Å². The Kier molecular flexibility index (Phi) is 6.07. The summed E-state index contributed by atoms with van der Waals surface area (Å²) in [5.41, 5.74) is 4.75. The second kappa shape index (κ2) is 8.15. The summed E-state index contributed by atoms with van der Waals surface area (Å²) < 4.78 is 27.1. The number of carbonyl (C=O) groups is 2. The van der Waals surface area contributed by atoms with E-state index in [9.17, 15) is 18.0 Å². The van der Waals surface area contributed by atoms with E-state index in [2.05, 4.69) is 10.9 Å². The quantitative estimate of drug-likeness (QED) is 0.704. The highest BCUT2D eigenvalue weighted by atomic mass is 35.5. The van der Waals surface area contributed by atoms with Crippen LogP contribution in [0.25, 0.3) is 0 Å². The fourth-order valence-corrected chi connectivity index (χ4v) is 6.25. The summed E-state index contributed by atoms with van der Waals surface area (Å²) in [7, 11) is -3.84. The smallest absolute Gasteiger partial charge is 0.271 e. The summed E-state index contributed by atoms with van der Waals surface area (Å²) in [6.07, 6.45) is 0.890. The van der Waals surface area contributed by atoms with Crippen molar-refractivity contribution in [1.29, 1.82) is 0 Å². The summed E-state index contributed by atoms with van der Waals surface area (Å²) in [6, 6.07) is 8.37. The molecule has 7 nitrogen and oxygen atoms in total. The van der Waals surface area contributed by atoms with Crippen molar-refractivity contribution in [3.05, 3.63) is 51.3 Å². The molecule has 1 fully saturated rings. The van der Waals surface area contributed by atoms with Crippen LogP contribution in [0.1, 0.15) is 23.2 Å². The van der Waals surface area contributed by atoms with E-state index in [1.54, 1.807) is 18.2 Å². The maximum atomic E-state index is 12.8. The third kappa shape index (κ3) is 4.27. The molecule has 1 aliphatic rings. The number of benzene rings is 1. The molecule has 0 radical (unpaired) electrons.